The van der Waals surface area contributed by atoms with Crippen LogP contribution in [-0.4, -0.2) is 0 Å². The topological polar surface area (TPSA) is 16.4 Å². The first-order valence-electron chi connectivity index (χ1n) is 17.8. The molecule has 1 heterocycles. The lowest BCUT2D eigenvalue weighted by Crippen LogP contribution is -2.12. The fourth-order valence-corrected chi connectivity index (χ4v) is 7.66. The quantitative estimate of drug-likeness (QED) is 0.176. The highest BCUT2D eigenvalue weighted by molar-refractivity contribution is 6.11. The molecule has 10 aromatic rings. The van der Waals surface area contributed by atoms with Crippen LogP contribution in [0.3, 0.4) is 0 Å². The summed E-state index contributed by atoms with van der Waals surface area (Å²) in [6, 6.07) is 71.9. The number of benzene rings is 9. The SMILES string of the molecule is c1ccc(-c2ccccc2N(c2ccc3ccccc3c2)c2ccc(-c3ccc4oc5cc6ccccc6cc5c4c3)cc2-c2ccccc2)cc1. The van der Waals surface area contributed by atoms with Gasteiger partial charge < -0.3 is 9.32 Å². The molecular formula is C50H33NO. The Labute approximate surface area is 302 Å². The molecular weight excluding hydrogens is 631 g/mol. The van der Waals surface area contributed by atoms with E-state index in [1.54, 1.807) is 0 Å². The van der Waals surface area contributed by atoms with Crippen molar-refractivity contribution in [1.29, 1.82) is 0 Å². The smallest absolute Gasteiger partial charge is 0.136 e. The molecule has 0 atom stereocenters. The summed E-state index contributed by atoms with van der Waals surface area (Å²) in [7, 11) is 0. The molecule has 0 bridgehead atoms. The molecule has 0 aliphatic rings. The largest absolute Gasteiger partial charge is 0.456 e. The predicted octanol–water partition coefficient (Wildman–Crippen LogP) is 14.4. The molecule has 9 aromatic carbocycles. The molecule has 2 heteroatoms. The van der Waals surface area contributed by atoms with Crippen LogP contribution in [-0.2, 0) is 0 Å². The lowest BCUT2D eigenvalue weighted by Gasteiger charge is -2.30. The second-order valence-corrected chi connectivity index (χ2v) is 13.4. The lowest BCUT2D eigenvalue weighted by molar-refractivity contribution is 0.669. The van der Waals surface area contributed by atoms with Gasteiger partial charge in [0, 0.05) is 27.6 Å². The van der Waals surface area contributed by atoms with Crippen molar-refractivity contribution in [2.45, 2.75) is 0 Å². The van der Waals surface area contributed by atoms with Crippen molar-refractivity contribution in [1.82, 2.24) is 0 Å². The van der Waals surface area contributed by atoms with E-state index in [0.717, 1.165) is 61.3 Å². The molecule has 0 saturated heterocycles. The van der Waals surface area contributed by atoms with Crippen LogP contribution in [0, 0.1) is 0 Å². The van der Waals surface area contributed by atoms with Crippen molar-refractivity contribution in [3.63, 3.8) is 0 Å². The molecule has 0 aliphatic heterocycles. The maximum atomic E-state index is 6.36. The van der Waals surface area contributed by atoms with E-state index in [4.69, 9.17) is 4.42 Å². The molecule has 1 aromatic heterocycles. The molecule has 0 amide bonds. The molecule has 0 N–H and O–H groups in total. The number of hydrogen-bond donors (Lipinski definition) is 0. The van der Waals surface area contributed by atoms with Gasteiger partial charge in [-0.2, -0.15) is 0 Å². The van der Waals surface area contributed by atoms with Crippen molar-refractivity contribution in [3.8, 4) is 33.4 Å². The summed E-state index contributed by atoms with van der Waals surface area (Å²) in [6.45, 7) is 0. The van der Waals surface area contributed by atoms with Gasteiger partial charge in [0.15, 0.2) is 0 Å². The first-order valence-corrected chi connectivity index (χ1v) is 17.8. The van der Waals surface area contributed by atoms with Crippen LogP contribution in [0.2, 0.25) is 0 Å². The number of anilines is 3. The Hall–Kier alpha value is -6.90. The number of hydrogen-bond acceptors (Lipinski definition) is 2. The van der Waals surface area contributed by atoms with Gasteiger partial charge in [-0.25, -0.2) is 0 Å². The van der Waals surface area contributed by atoms with E-state index in [0.29, 0.717) is 0 Å². The van der Waals surface area contributed by atoms with E-state index in [1.807, 2.05) is 0 Å². The highest BCUT2D eigenvalue weighted by atomic mass is 16.3. The Kier molecular flexibility index (Phi) is 7.18. The van der Waals surface area contributed by atoms with Gasteiger partial charge in [0.2, 0.25) is 0 Å². The van der Waals surface area contributed by atoms with Gasteiger partial charge in [-0.15, -0.1) is 0 Å². The van der Waals surface area contributed by atoms with E-state index >= 15 is 0 Å². The first kappa shape index (κ1) is 30.0. The van der Waals surface area contributed by atoms with Gasteiger partial charge in [-0.1, -0.05) is 146 Å². The molecule has 52 heavy (non-hydrogen) atoms. The molecule has 0 aliphatic carbocycles. The van der Waals surface area contributed by atoms with Crippen LogP contribution < -0.4 is 4.90 Å². The highest BCUT2D eigenvalue weighted by Gasteiger charge is 2.22. The van der Waals surface area contributed by atoms with Crippen LogP contribution in [0.4, 0.5) is 17.1 Å². The Bertz CT molecular complexity index is 2910. The summed E-state index contributed by atoms with van der Waals surface area (Å²) in [4.78, 5) is 2.43. The number of furan rings is 1. The zero-order valence-corrected chi connectivity index (χ0v) is 28.4. The summed E-state index contributed by atoms with van der Waals surface area (Å²) in [5.41, 5.74) is 12.1. The van der Waals surface area contributed by atoms with Gasteiger partial charge in [-0.05, 0) is 98.4 Å². The second kappa shape index (κ2) is 12.5. The van der Waals surface area contributed by atoms with Gasteiger partial charge in [0.25, 0.3) is 0 Å². The molecule has 0 spiro atoms. The average Bonchev–Trinajstić information content (AvgIpc) is 3.57. The summed E-state index contributed by atoms with van der Waals surface area (Å²) in [5, 5.41) is 7.07. The van der Waals surface area contributed by atoms with Crippen LogP contribution in [0.5, 0.6) is 0 Å². The van der Waals surface area contributed by atoms with Gasteiger partial charge >= 0.3 is 0 Å². The van der Waals surface area contributed by atoms with E-state index < -0.39 is 0 Å². The van der Waals surface area contributed by atoms with Crippen molar-refractivity contribution >= 4 is 60.5 Å². The van der Waals surface area contributed by atoms with Crippen molar-refractivity contribution < 1.29 is 4.42 Å². The molecule has 0 unspecified atom stereocenters. The third-order valence-electron chi connectivity index (χ3n) is 10.2. The van der Waals surface area contributed by atoms with Crippen molar-refractivity contribution in [3.05, 3.63) is 200 Å². The predicted molar refractivity (Wildman–Crippen MR) is 220 cm³/mol. The molecule has 244 valence electrons. The zero-order chi connectivity index (χ0) is 34.4. The van der Waals surface area contributed by atoms with E-state index in [2.05, 4.69) is 205 Å². The molecule has 2 nitrogen and oxygen atoms in total. The Balaban J connectivity index is 1.20. The number of nitrogens with zero attached hydrogens (tertiary/aromatic N) is 1. The van der Waals surface area contributed by atoms with E-state index in [9.17, 15) is 0 Å². The van der Waals surface area contributed by atoms with Crippen LogP contribution in [0.1, 0.15) is 0 Å². The summed E-state index contributed by atoms with van der Waals surface area (Å²) in [5.74, 6) is 0. The Morgan fingerprint density at radius 3 is 1.63 bits per heavy atom. The van der Waals surface area contributed by atoms with Crippen LogP contribution in [0.15, 0.2) is 205 Å². The summed E-state index contributed by atoms with van der Waals surface area (Å²) >= 11 is 0. The first-order chi connectivity index (χ1) is 25.8. The molecule has 10 rings (SSSR count). The fourth-order valence-electron chi connectivity index (χ4n) is 7.66. The third kappa shape index (κ3) is 5.21. The molecule has 0 saturated carbocycles. The number of rotatable bonds is 6. The number of para-hydroxylation sites is 1. The summed E-state index contributed by atoms with van der Waals surface area (Å²) in [6.07, 6.45) is 0. The highest BCUT2D eigenvalue weighted by Crippen LogP contribution is 2.46. The average molecular weight is 664 g/mol. The maximum Gasteiger partial charge on any atom is 0.136 e. The summed E-state index contributed by atoms with van der Waals surface area (Å²) < 4.78 is 6.36. The van der Waals surface area contributed by atoms with Crippen molar-refractivity contribution in [2.24, 2.45) is 0 Å². The lowest BCUT2D eigenvalue weighted by atomic mass is 9.94. The normalized spacial score (nSPS) is 11.5. The minimum Gasteiger partial charge on any atom is -0.456 e. The van der Waals surface area contributed by atoms with E-state index in [1.165, 1.54) is 32.7 Å². The zero-order valence-electron chi connectivity index (χ0n) is 28.4. The third-order valence-corrected chi connectivity index (χ3v) is 10.2. The fraction of sp³-hybridized carbons (Fsp3) is 0. The molecule has 0 fully saturated rings. The van der Waals surface area contributed by atoms with Crippen LogP contribution in [0.25, 0.3) is 76.9 Å². The second-order valence-electron chi connectivity index (χ2n) is 13.4. The maximum absolute atomic E-state index is 6.36. The van der Waals surface area contributed by atoms with Gasteiger partial charge in [0.05, 0.1) is 11.4 Å². The van der Waals surface area contributed by atoms with Crippen LogP contribution >= 0.6 is 0 Å². The van der Waals surface area contributed by atoms with Gasteiger partial charge in [-0.3, -0.25) is 0 Å². The van der Waals surface area contributed by atoms with E-state index in [-0.39, 0.29) is 0 Å². The molecule has 0 radical (unpaired) electrons. The monoisotopic (exact) mass is 663 g/mol. The standard InChI is InChI=1S/C50H33NO/c1-3-14-35(15-4-1)43-21-11-12-22-47(43)51(42-26-23-34-13-7-8-18-37(34)29-42)48-27-24-40(30-44(48)36-16-5-2-6-17-36)41-25-28-49-45(32-41)46-31-38-19-9-10-20-39(38)33-50(46)52-49/h1-33H. The Morgan fingerprint density at radius 1 is 0.308 bits per heavy atom. The Morgan fingerprint density at radius 2 is 0.865 bits per heavy atom. The minimum absolute atomic E-state index is 0.897. The van der Waals surface area contributed by atoms with Gasteiger partial charge in [0.1, 0.15) is 11.2 Å². The number of fused-ring (bicyclic) bond motifs is 5. The van der Waals surface area contributed by atoms with Crippen molar-refractivity contribution in [2.75, 3.05) is 4.90 Å². The minimum atomic E-state index is 0.897.